The minimum absolute atomic E-state index is 0.101. The van der Waals surface area contributed by atoms with Crippen LogP contribution in [0.25, 0.3) is 0 Å². The van der Waals surface area contributed by atoms with Gasteiger partial charge in [-0.2, -0.15) is 13.2 Å². The molecule has 0 aliphatic rings. The molecule has 0 aliphatic carbocycles. The van der Waals surface area contributed by atoms with Crippen molar-refractivity contribution in [3.05, 3.63) is 33.9 Å². The van der Waals surface area contributed by atoms with Crippen LogP contribution in [-0.4, -0.2) is 33.0 Å². The molecule has 0 radical (unpaired) electrons. The summed E-state index contributed by atoms with van der Waals surface area (Å²) in [6, 6.07) is 1.52. The number of hydrogen-bond acceptors (Lipinski definition) is 5. The van der Waals surface area contributed by atoms with Crippen molar-refractivity contribution in [2.75, 3.05) is 19.6 Å². The molecule has 1 aromatic rings. The summed E-state index contributed by atoms with van der Waals surface area (Å²) in [7, 11) is -4.44. The maximum atomic E-state index is 13.0. The van der Waals surface area contributed by atoms with Crippen LogP contribution in [0.3, 0.4) is 0 Å². The van der Waals surface area contributed by atoms with Crippen LogP contribution in [0.1, 0.15) is 18.9 Å². The van der Waals surface area contributed by atoms with Crippen molar-refractivity contribution in [1.29, 1.82) is 0 Å². The lowest BCUT2D eigenvalue weighted by Crippen LogP contribution is -2.33. The minimum Gasteiger partial charge on any atom is -0.315 e. The van der Waals surface area contributed by atoms with Gasteiger partial charge in [-0.15, -0.1) is 0 Å². The highest BCUT2D eigenvalue weighted by Gasteiger charge is 2.38. The standard InChI is InChI=1S/C12H16F3N3O4S/c1-2-5-16-6-7-17-23(21,22)11-4-3-9(18(19)20)8-10(11)12(13,14)15/h3-4,8,16-17H,2,5-7H2,1H3. The Labute approximate surface area is 131 Å². The first kappa shape index (κ1) is 19.3. The summed E-state index contributed by atoms with van der Waals surface area (Å²) in [6.07, 6.45) is -4.20. The number of halogens is 3. The van der Waals surface area contributed by atoms with Crippen LogP contribution >= 0.6 is 0 Å². The van der Waals surface area contributed by atoms with Gasteiger partial charge in [0.1, 0.15) is 0 Å². The number of benzene rings is 1. The van der Waals surface area contributed by atoms with Gasteiger partial charge in [-0.05, 0) is 19.0 Å². The van der Waals surface area contributed by atoms with Crippen LogP contribution < -0.4 is 10.0 Å². The van der Waals surface area contributed by atoms with Crippen molar-refractivity contribution >= 4 is 15.7 Å². The van der Waals surface area contributed by atoms with E-state index < -0.39 is 37.3 Å². The molecule has 11 heteroatoms. The lowest BCUT2D eigenvalue weighted by Gasteiger charge is -2.14. The quantitative estimate of drug-likeness (QED) is 0.421. The Bertz CT molecular complexity index is 662. The fourth-order valence-corrected chi connectivity index (χ4v) is 2.98. The third-order valence-electron chi connectivity index (χ3n) is 2.79. The smallest absolute Gasteiger partial charge is 0.315 e. The zero-order valence-corrected chi connectivity index (χ0v) is 13.0. The highest BCUT2D eigenvalue weighted by molar-refractivity contribution is 7.89. The molecule has 0 fully saturated rings. The van der Waals surface area contributed by atoms with Gasteiger partial charge in [0.05, 0.1) is 15.4 Å². The SMILES string of the molecule is CCCNCCNS(=O)(=O)c1ccc([N+](=O)[O-])cc1C(F)(F)F. The molecular weight excluding hydrogens is 339 g/mol. The molecule has 23 heavy (non-hydrogen) atoms. The number of nitro benzene ring substituents is 1. The summed E-state index contributed by atoms with van der Waals surface area (Å²) in [5, 5.41) is 13.5. The van der Waals surface area contributed by atoms with Crippen molar-refractivity contribution in [2.45, 2.75) is 24.4 Å². The van der Waals surface area contributed by atoms with E-state index in [-0.39, 0.29) is 19.2 Å². The van der Waals surface area contributed by atoms with Crippen LogP contribution in [0.4, 0.5) is 18.9 Å². The monoisotopic (exact) mass is 355 g/mol. The number of nitrogens with one attached hydrogen (secondary N) is 2. The molecule has 0 atom stereocenters. The van der Waals surface area contributed by atoms with Gasteiger partial charge < -0.3 is 5.32 Å². The van der Waals surface area contributed by atoms with Gasteiger partial charge in [0.25, 0.3) is 5.69 Å². The molecule has 0 amide bonds. The number of nitrogens with zero attached hydrogens (tertiary/aromatic N) is 1. The van der Waals surface area contributed by atoms with Gasteiger partial charge in [-0.25, -0.2) is 13.1 Å². The minimum atomic E-state index is -5.03. The Morgan fingerprint density at radius 3 is 2.39 bits per heavy atom. The molecule has 7 nitrogen and oxygen atoms in total. The van der Waals surface area contributed by atoms with Crippen molar-refractivity contribution < 1.29 is 26.5 Å². The number of sulfonamides is 1. The maximum Gasteiger partial charge on any atom is 0.417 e. The second-order valence-electron chi connectivity index (χ2n) is 4.58. The number of non-ortho nitro benzene ring substituents is 1. The molecule has 0 heterocycles. The maximum absolute atomic E-state index is 13.0. The first-order valence-electron chi connectivity index (χ1n) is 6.65. The summed E-state index contributed by atoms with van der Waals surface area (Å²) >= 11 is 0. The highest BCUT2D eigenvalue weighted by atomic mass is 32.2. The molecular formula is C12H16F3N3O4S. The van der Waals surface area contributed by atoms with Crippen molar-refractivity contribution in [2.24, 2.45) is 0 Å². The first-order chi connectivity index (χ1) is 10.6. The molecule has 0 spiro atoms. The van der Waals surface area contributed by atoms with Gasteiger partial charge in [0.2, 0.25) is 10.0 Å². The number of hydrogen-bond donors (Lipinski definition) is 2. The molecule has 0 aliphatic heterocycles. The fourth-order valence-electron chi connectivity index (χ4n) is 1.74. The predicted octanol–water partition coefficient (Wildman–Crippen LogP) is 1.89. The molecule has 0 saturated heterocycles. The van der Waals surface area contributed by atoms with E-state index in [9.17, 15) is 31.7 Å². The van der Waals surface area contributed by atoms with Crippen molar-refractivity contribution in [3.8, 4) is 0 Å². The van der Waals surface area contributed by atoms with Crippen LogP contribution in [-0.2, 0) is 16.2 Å². The molecule has 130 valence electrons. The third kappa shape index (κ3) is 5.44. The molecule has 0 unspecified atom stereocenters. The second kappa shape index (κ2) is 7.70. The summed E-state index contributed by atoms with van der Waals surface area (Å²) in [5.41, 5.74) is -2.40. The average molecular weight is 355 g/mol. The van der Waals surface area contributed by atoms with Crippen LogP contribution in [0.15, 0.2) is 23.1 Å². The van der Waals surface area contributed by atoms with E-state index in [0.29, 0.717) is 12.6 Å². The number of alkyl halides is 3. The van der Waals surface area contributed by atoms with Gasteiger partial charge >= 0.3 is 6.18 Å². The molecule has 2 N–H and O–H groups in total. The van der Waals surface area contributed by atoms with E-state index in [1.54, 1.807) is 0 Å². The van der Waals surface area contributed by atoms with Gasteiger partial charge in [-0.1, -0.05) is 6.92 Å². The molecule has 0 aromatic heterocycles. The summed E-state index contributed by atoms with van der Waals surface area (Å²) in [4.78, 5) is 8.52. The van der Waals surface area contributed by atoms with Crippen molar-refractivity contribution in [1.82, 2.24) is 10.0 Å². The Morgan fingerprint density at radius 1 is 1.22 bits per heavy atom. The van der Waals surface area contributed by atoms with E-state index in [0.717, 1.165) is 12.5 Å². The van der Waals surface area contributed by atoms with E-state index in [2.05, 4.69) is 5.32 Å². The van der Waals surface area contributed by atoms with Gasteiger partial charge in [0, 0.05) is 25.2 Å². The topological polar surface area (TPSA) is 101 Å². The summed E-state index contributed by atoms with van der Waals surface area (Å²) in [5.74, 6) is 0. The largest absolute Gasteiger partial charge is 0.417 e. The molecule has 1 rings (SSSR count). The lowest BCUT2D eigenvalue weighted by molar-refractivity contribution is -0.385. The van der Waals surface area contributed by atoms with Gasteiger partial charge in [-0.3, -0.25) is 10.1 Å². The number of nitro groups is 1. The second-order valence-corrected chi connectivity index (χ2v) is 6.32. The predicted molar refractivity (Wildman–Crippen MR) is 76.4 cm³/mol. The van der Waals surface area contributed by atoms with Crippen LogP contribution in [0.5, 0.6) is 0 Å². The molecule has 0 bridgehead atoms. The Kier molecular flexibility index (Phi) is 6.47. The van der Waals surface area contributed by atoms with Crippen LogP contribution in [0.2, 0.25) is 0 Å². The molecule has 1 aromatic carbocycles. The Hall–Kier alpha value is -1.72. The normalized spacial score (nSPS) is 12.3. The highest BCUT2D eigenvalue weighted by Crippen LogP contribution is 2.36. The van der Waals surface area contributed by atoms with Crippen molar-refractivity contribution in [3.63, 3.8) is 0 Å². The van der Waals surface area contributed by atoms with E-state index in [1.165, 1.54) is 0 Å². The number of rotatable bonds is 8. The Morgan fingerprint density at radius 2 is 1.87 bits per heavy atom. The van der Waals surface area contributed by atoms with Crippen LogP contribution in [0, 0.1) is 10.1 Å². The fraction of sp³-hybridized carbons (Fsp3) is 0.500. The first-order valence-corrected chi connectivity index (χ1v) is 8.14. The summed E-state index contributed by atoms with van der Waals surface area (Å²) in [6.45, 7) is 2.70. The zero-order chi connectivity index (χ0) is 17.7. The average Bonchev–Trinajstić information content (AvgIpc) is 2.45. The lowest BCUT2D eigenvalue weighted by atomic mass is 10.2. The molecule has 0 saturated carbocycles. The summed E-state index contributed by atoms with van der Waals surface area (Å²) < 4.78 is 65.0. The van der Waals surface area contributed by atoms with E-state index >= 15 is 0 Å². The zero-order valence-electron chi connectivity index (χ0n) is 12.2. The third-order valence-corrected chi connectivity index (χ3v) is 4.31. The van der Waals surface area contributed by atoms with Gasteiger partial charge in [0.15, 0.2) is 0 Å². The van der Waals surface area contributed by atoms with E-state index in [4.69, 9.17) is 0 Å². The van der Waals surface area contributed by atoms with E-state index in [1.807, 2.05) is 11.6 Å². The Balaban J connectivity index is 3.07.